The van der Waals surface area contributed by atoms with Crippen LogP contribution in [-0.2, 0) is 11.3 Å². The maximum Gasteiger partial charge on any atom is 0.343 e. The zero-order chi connectivity index (χ0) is 21.1. The van der Waals surface area contributed by atoms with Crippen LogP contribution in [0.5, 0.6) is 0 Å². The Morgan fingerprint density at radius 2 is 2.07 bits per heavy atom. The highest BCUT2D eigenvalue weighted by atomic mass is 19.1. The number of benzene rings is 1. The van der Waals surface area contributed by atoms with Crippen LogP contribution < -0.4 is 15.6 Å². The largest absolute Gasteiger partial charge is 0.462 e. The Morgan fingerprint density at radius 1 is 1.31 bits per heavy atom. The molecule has 1 aliphatic heterocycles. The highest BCUT2D eigenvalue weighted by Gasteiger charge is 2.29. The van der Waals surface area contributed by atoms with Gasteiger partial charge >= 0.3 is 5.97 Å². The third kappa shape index (κ3) is 3.99. The van der Waals surface area contributed by atoms with Crippen LogP contribution in [0, 0.1) is 17.6 Å². The minimum absolute atomic E-state index is 0.0112. The van der Waals surface area contributed by atoms with Crippen LogP contribution in [0.3, 0.4) is 0 Å². The number of hydrogen-bond donors (Lipinski definition) is 1. The Kier molecular flexibility index (Phi) is 6.52. The van der Waals surface area contributed by atoms with Gasteiger partial charge in [-0.1, -0.05) is 6.92 Å². The normalized spacial score (nSPS) is 16.6. The Balaban J connectivity index is 2.10. The van der Waals surface area contributed by atoms with Crippen molar-refractivity contribution >= 4 is 22.6 Å². The third-order valence-electron chi connectivity index (χ3n) is 5.35. The molecule has 8 heteroatoms. The molecule has 0 aliphatic carbocycles. The van der Waals surface area contributed by atoms with Gasteiger partial charge in [-0.05, 0) is 45.3 Å². The van der Waals surface area contributed by atoms with Crippen molar-refractivity contribution in [1.29, 1.82) is 0 Å². The van der Waals surface area contributed by atoms with Gasteiger partial charge in [-0.25, -0.2) is 13.6 Å². The molecule has 1 aromatic heterocycles. The number of aromatic nitrogens is 1. The van der Waals surface area contributed by atoms with Crippen LogP contribution in [0.25, 0.3) is 10.9 Å². The molecule has 6 nitrogen and oxygen atoms in total. The fourth-order valence-corrected chi connectivity index (χ4v) is 3.92. The molecule has 1 aliphatic rings. The molecule has 0 spiro atoms. The molecule has 0 radical (unpaired) electrons. The number of halogens is 2. The molecular weight excluding hydrogens is 380 g/mol. The number of rotatable bonds is 7. The minimum Gasteiger partial charge on any atom is -0.462 e. The number of fused-ring (bicyclic) bond motifs is 1. The number of nitrogens with one attached hydrogen (secondary N) is 1. The predicted octanol–water partition coefficient (Wildman–Crippen LogP) is 2.91. The van der Waals surface area contributed by atoms with Crippen LogP contribution in [0.2, 0.25) is 0 Å². The first-order valence-corrected chi connectivity index (χ1v) is 10.1. The SMILES string of the molecule is CCNCC1CCN(c2c(F)cc3c(=O)c(C(=O)OCC)cn(CC)c3c2F)C1. The monoisotopic (exact) mass is 407 g/mol. The molecule has 1 unspecified atom stereocenters. The number of ether oxygens (including phenoxy) is 1. The van der Waals surface area contributed by atoms with E-state index in [0.717, 1.165) is 25.6 Å². The molecule has 0 saturated carbocycles. The van der Waals surface area contributed by atoms with E-state index >= 15 is 4.39 Å². The molecule has 2 heterocycles. The summed E-state index contributed by atoms with van der Waals surface area (Å²) in [5.41, 5.74) is -1.04. The number of pyridine rings is 1. The molecule has 2 aromatic rings. The second-order valence-electron chi connectivity index (χ2n) is 7.20. The zero-order valence-electron chi connectivity index (χ0n) is 17.1. The van der Waals surface area contributed by atoms with Gasteiger partial charge in [0.25, 0.3) is 0 Å². The fourth-order valence-electron chi connectivity index (χ4n) is 3.92. The average Bonchev–Trinajstić information content (AvgIpc) is 3.15. The second-order valence-corrected chi connectivity index (χ2v) is 7.20. The van der Waals surface area contributed by atoms with E-state index in [-0.39, 0.29) is 28.8 Å². The molecule has 1 fully saturated rings. The first kappa shape index (κ1) is 21.2. The standard InChI is InChI=1S/C21H27F2N3O3/c1-4-24-10-13-7-8-26(11-13)19-16(22)9-14-18(17(19)23)25(5-2)12-15(20(14)27)21(28)29-6-3/h9,12-13,24H,4-8,10-11H2,1-3H3. The lowest BCUT2D eigenvalue weighted by atomic mass is 10.1. The van der Waals surface area contributed by atoms with Crippen molar-refractivity contribution in [3.63, 3.8) is 0 Å². The van der Waals surface area contributed by atoms with E-state index in [0.29, 0.717) is 25.6 Å². The summed E-state index contributed by atoms with van der Waals surface area (Å²) >= 11 is 0. The van der Waals surface area contributed by atoms with Crippen molar-refractivity contribution in [2.24, 2.45) is 5.92 Å². The molecule has 1 aromatic carbocycles. The number of esters is 1. The van der Waals surface area contributed by atoms with Gasteiger partial charge in [0.05, 0.1) is 17.5 Å². The maximum absolute atomic E-state index is 15.5. The van der Waals surface area contributed by atoms with Crippen molar-refractivity contribution in [3.05, 3.63) is 39.7 Å². The Labute approximate surface area is 168 Å². The van der Waals surface area contributed by atoms with E-state index in [1.807, 2.05) is 6.92 Å². The van der Waals surface area contributed by atoms with E-state index in [9.17, 15) is 14.0 Å². The van der Waals surface area contributed by atoms with Gasteiger partial charge in [-0.3, -0.25) is 4.79 Å². The molecule has 29 heavy (non-hydrogen) atoms. The molecule has 0 bridgehead atoms. The van der Waals surface area contributed by atoms with Gasteiger partial charge in [0.2, 0.25) is 5.43 Å². The highest BCUT2D eigenvalue weighted by Crippen LogP contribution is 2.33. The van der Waals surface area contributed by atoms with E-state index in [1.165, 1.54) is 10.8 Å². The van der Waals surface area contributed by atoms with Crippen molar-refractivity contribution in [2.75, 3.05) is 37.7 Å². The second kappa shape index (κ2) is 8.90. The molecule has 158 valence electrons. The summed E-state index contributed by atoms with van der Waals surface area (Å²) in [6, 6.07) is 1.04. The summed E-state index contributed by atoms with van der Waals surface area (Å²) in [5.74, 6) is -2.04. The molecule has 3 rings (SSSR count). The van der Waals surface area contributed by atoms with Crippen LogP contribution in [0.1, 0.15) is 37.6 Å². The minimum atomic E-state index is -0.794. The third-order valence-corrected chi connectivity index (χ3v) is 5.35. The zero-order valence-corrected chi connectivity index (χ0v) is 17.1. The fraction of sp³-hybridized carbons (Fsp3) is 0.524. The topological polar surface area (TPSA) is 63.6 Å². The van der Waals surface area contributed by atoms with E-state index in [2.05, 4.69) is 5.32 Å². The average molecular weight is 407 g/mol. The van der Waals surface area contributed by atoms with Crippen LogP contribution >= 0.6 is 0 Å². The summed E-state index contributed by atoms with van der Waals surface area (Å²) in [7, 11) is 0. The molecular formula is C21H27F2N3O3. The van der Waals surface area contributed by atoms with E-state index < -0.39 is 23.0 Å². The molecule has 1 saturated heterocycles. The summed E-state index contributed by atoms with van der Waals surface area (Å²) in [6.45, 7) is 8.57. The van der Waals surface area contributed by atoms with Crippen LogP contribution in [-0.4, -0.2) is 43.3 Å². The van der Waals surface area contributed by atoms with Crippen molar-refractivity contribution in [3.8, 4) is 0 Å². The first-order chi connectivity index (χ1) is 13.9. The van der Waals surface area contributed by atoms with E-state index in [1.54, 1.807) is 18.7 Å². The highest BCUT2D eigenvalue weighted by molar-refractivity contribution is 5.94. The quantitative estimate of drug-likeness (QED) is 0.715. The lowest BCUT2D eigenvalue weighted by molar-refractivity contribution is 0.0524. The van der Waals surface area contributed by atoms with Gasteiger partial charge in [0.1, 0.15) is 17.1 Å². The van der Waals surface area contributed by atoms with E-state index in [4.69, 9.17) is 4.74 Å². The van der Waals surface area contributed by atoms with Crippen molar-refractivity contribution < 1.29 is 18.3 Å². The smallest absolute Gasteiger partial charge is 0.343 e. The Bertz CT molecular complexity index is 974. The number of carbonyl (C=O) groups excluding carboxylic acids is 1. The van der Waals surface area contributed by atoms with Gasteiger partial charge in [0, 0.05) is 25.8 Å². The summed E-state index contributed by atoms with van der Waals surface area (Å²) < 4.78 is 36.8. The number of hydrogen-bond acceptors (Lipinski definition) is 5. The Hall–Kier alpha value is -2.48. The number of anilines is 1. The van der Waals surface area contributed by atoms with Crippen molar-refractivity contribution in [1.82, 2.24) is 9.88 Å². The Morgan fingerprint density at radius 3 is 2.72 bits per heavy atom. The summed E-state index contributed by atoms with van der Waals surface area (Å²) in [6.07, 6.45) is 2.14. The molecule has 1 atom stereocenters. The first-order valence-electron chi connectivity index (χ1n) is 10.1. The predicted molar refractivity (Wildman–Crippen MR) is 109 cm³/mol. The lowest BCUT2D eigenvalue weighted by Crippen LogP contribution is -2.28. The van der Waals surface area contributed by atoms with Crippen LogP contribution in [0.4, 0.5) is 14.5 Å². The maximum atomic E-state index is 15.5. The number of carbonyl (C=O) groups is 1. The summed E-state index contributed by atoms with van der Waals surface area (Å²) in [4.78, 5) is 26.6. The molecule has 0 amide bonds. The lowest BCUT2D eigenvalue weighted by Gasteiger charge is -2.22. The van der Waals surface area contributed by atoms with Gasteiger partial charge < -0.3 is 19.5 Å². The van der Waals surface area contributed by atoms with Crippen LogP contribution in [0.15, 0.2) is 17.1 Å². The molecule has 1 N–H and O–H groups in total. The number of nitrogens with zero attached hydrogens (tertiary/aromatic N) is 2. The van der Waals surface area contributed by atoms with Gasteiger partial charge in [-0.15, -0.1) is 0 Å². The summed E-state index contributed by atoms with van der Waals surface area (Å²) in [5, 5.41) is 3.12. The number of aryl methyl sites for hydroxylation is 1. The van der Waals surface area contributed by atoms with Gasteiger partial charge in [-0.2, -0.15) is 0 Å². The van der Waals surface area contributed by atoms with Crippen molar-refractivity contribution in [2.45, 2.75) is 33.7 Å². The van der Waals surface area contributed by atoms with Gasteiger partial charge in [0.15, 0.2) is 5.82 Å².